The molecule has 1 amide bonds. The Labute approximate surface area is 162 Å². The molecule has 0 aliphatic carbocycles. The maximum atomic E-state index is 9.43. The van der Waals surface area contributed by atoms with Crippen LogP contribution in [0.5, 0.6) is 5.88 Å². The van der Waals surface area contributed by atoms with E-state index in [-0.39, 0.29) is 5.69 Å². The molecule has 26 heavy (non-hydrogen) atoms. The molecule has 0 bridgehead atoms. The molecule has 2 aromatic heterocycles. The molecule has 0 atom stereocenters. The monoisotopic (exact) mass is 424 g/mol. The number of imidazole rings is 1. The van der Waals surface area contributed by atoms with Gasteiger partial charge in [0.05, 0.1) is 18.8 Å². The summed E-state index contributed by atoms with van der Waals surface area (Å²) in [4.78, 5) is 19.2. The predicted molar refractivity (Wildman–Crippen MR) is 105 cm³/mol. The second-order valence-corrected chi connectivity index (χ2v) is 5.49. The number of hydrogen-bond donors (Lipinski definition) is 1. The third-order valence-corrected chi connectivity index (χ3v) is 3.28. The van der Waals surface area contributed by atoms with E-state index in [9.17, 15) is 4.79 Å². The van der Waals surface area contributed by atoms with Crippen molar-refractivity contribution < 1.29 is 9.53 Å². The molecule has 8 nitrogen and oxygen atoms in total. The molecule has 0 aromatic carbocycles. The summed E-state index contributed by atoms with van der Waals surface area (Å²) >= 11 is 3.28. The van der Waals surface area contributed by atoms with E-state index in [1.807, 2.05) is 39.0 Å². The Morgan fingerprint density at radius 2 is 2.00 bits per heavy atom. The quantitative estimate of drug-likeness (QED) is 0.738. The van der Waals surface area contributed by atoms with Crippen LogP contribution >= 0.6 is 15.9 Å². The highest BCUT2D eigenvalue weighted by atomic mass is 79.9. The van der Waals surface area contributed by atoms with Crippen LogP contribution in [-0.2, 0) is 11.3 Å². The van der Waals surface area contributed by atoms with Crippen molar-refractivity contribution in [3.8, 4) is 11.9 Å². The number of halogens is 1. The fourth-order valence-electron chi connectivity index (χ4n) is 1.61. The molecule has 0 radical (unpaired) electrons. The number of hydrogen-bond acceptors (Lipinski definition) is 6. The van der Waals surface area contributed by atoms with E-state index < -0.39 is 0 Å². The number of nitriles is 1. The van der Waals surface area contributed by atoms with E-state index in [1.165, 1.54) is 4.90 Å². The van der Waals surface area contributed by atoms with Gasteiger partial charge < -0.3 is 15.4 Å². The molecule has 142 valence electrons. The lowest BCUT2D eigenvalue weighted by Crippen LogP contribution is -2.07. The van der Waals surface area contributed by atoms with E-state index in [2.05, 4.69) is 25.9 Å². The standard InChI is InChI=1S/C12H12BrN5O.C3H7NO.C2H6/c1-2-19-10-5-3-4-8(16-10)7-18-11(15)9(6-14)17-12(18)13;1-4(2)3-5;1-2/h3-5H,2,7,15H2,1H3;3H,1-2H3;1-2H3. The van der Waals surface area contributed by atoms with E-state index in [4.69, 9.17) is 15.7 Å². The molecule has 0 fully saturated rings. The van der Waals surface area contributed by atoms with Crippen LogP contribution in [0.4, 0.5) is 5.82 Å². The van der Waals surface area contributed by atoms with Crippen molar-refractivity contribution in [1.29, 1.82) is 5.26 Å². The smallest absolute Gasteiger partial charge is 0.213 e. The summed E-state index contributed by atoms with van der Waals surface area (Å²) in [5, 5.41) is 8.87. The molecular weight excluding hydrogens is 400 g/mol. The van der Waals surface area contributed by atoms with Gasteiger partial charge in [-0.15, -0.1) is 0 Å². The van der Waals surface area contributed by atoms with Gasteiger partial charge in [0.15, 0.2) is 10.4 Å². The number of aromatic nitrogens is 3. The van der Waals surface area contributed by atoms with Crippen LogP contribution in [0.3, 0.4) is 0 Å². The zero-order valence-electron chi connectivity index (χ0n) is 15.7. The average Bonchev–Trinajstić information content (AvgIpc) is 2.92. The lowest BCUT2D eigenvalue weighted by molar-refractivity contribution is -0.115. The van der Waals surface area contributed by atoms with Gasteiger partial charge in [0.1, 0.15) is 11.9 Å². The van der Waals surface area contributed by atoms with Crippen LogP contribution in [0.15, 0.2) is 22.9 Å². The van der Waals surface area contributed by atoms with Gasteiger partial charge in [0, 0.05) is 20.2 Å². The molecule has 2 N–H and O–H groups in total. The number of anilines is 1. The molecular formula is C17H25BrN6O2. The number of pyridine rings is 1. The summed E-state index contributed by atoms with van der Waals surface area (Å²) in [7, 11) is 3.38. The topological polar surface area (TPSA) is 110 Å². The predicted octanol–water partition coefficient (Wildman–Crippen LogP) is 2.67. The SMILES string of the molecule is CC.CCOc1cccc(Cn2c(Br)nc(C#N)c2N)n1.CN(C)C=O. The van der Waals surface area contributed by atoms with E-state index >= 15 is 0 Å². The Hall–Kier alpha value is -2.60. The molecule has 0 spiro atoms. The average molecular weight is 425 g/mol. The largest absolute Gasteiger partial charge is 0.478 e. The second-order valence-electron chi connectivity index (χ2n) is 4.78. The highest BCUT2D eigenvalue weighted by molar-refractivity contribution is 9.10. The fraction of sp³-hybridized carbons (Fsp3) is 0.412. The normalized spacial score (nSPS) is 8.96. The van der Waals surface area contributed by atoms with Crippen molar-refractivity contribution in [2.75, 3.05) is 26.4 Å². The van der Waals surface area contributed by atoms with Crippen molar-refractivity contribution in [2.45, 2.75) is 27.3 Å². The molecule has 0 aliphatic heterocycles. The summed E-state index contributed by atoms with van der Waals surface area (Å²) in [6, 6.07) is 7.46. The van der Waals surface area contributed by atoms with Crippen molar-refractivity contribution in [2.24, 2.45) is 0 Å². The lowest BCUT2D eigenvalue weighted by atomic mass is 10.3. The third-order valence-electron chi connectivity index (χ3n) is 2.67. The van der Waals surface area contributed by atoms with Crippen molar-refractivity contribution >= 4 is 28.2 Å². The van der Waals surface area contributed by atoms with Crippen molar-refractivity contribution in [3.05, 3.63) is 34.3 Å². The van der Waals surface area contributed by atoms with Crippen LogP contribution in [0.1, 0.15) is 32.2 Å². The maximum Gasteiger partial charge on any atom is 0.213 e. The Morgan fingerprint density at radius 1 is 1.38 bits per heavy atom. The lowest BCUT2D eigenvalue weighted by Gasteiger charge is -2.08. The van der Waals surface area contributed by atoms with Crippen LogP contribution in [0.2, 0.25) is 0 Å². The van der Waals surface area contributed by atoms with Gasteiger partial charge in [-0.2, -0.15) is 5.26 Å². The van der Waals surface area contributed by atoms with Gasteiger partial charge in [-0.1, -0.05) is 19.9 Å². The number of rotatable bonds is 5. The Bertz CT molecular complexity index is 725. The fourth-order valence-corrected chi connectivity index (χ4v) is 2.10. The summed E-state index contributed by atoms with van der Waals surface area (Å²) in [6.45, 7) is 6.88. The third kappa shape index (κ3) is 7.53. The highest BCUT2D eigenvalue weighted by Gasteiger charge is 2.13. The number of nitrogen functional groups attached to an aromatic ring is 1. The number of ether oxygens (including phenoxy) is 1. The summed E-state index contributed by atoms with van der Waals surface area (Å²) in [6.07, 6.45) is 0.750. The van der Waals surface area contributed by atoms with Gasteiger partial charge in [-0.3, -0.25) is 9.36 Å². The maximum absolute atomic E-state index is 9.43. The van der Waals surface area contributed by atoms with E-state index in [0.29, 0.717) is 29.6 Å². The molecule has 2 heterocycles. The van der Waals surface area contributed by atoms with Crippen LogP contribution in [0, 0.1) is 11.3 Å². The second kappa shape index (κ2) is 12.7. The number of carbonyl (C=O) groups is 1. The zero-order valence-corrected chi connectivity index (χ0v) is 17.3. The van der Waals surface area contributed by atoms with E-state index in [0.717, 1.165) is 12.1 Å². The summed E-state index contributed by atoms with van der Waals surface area (Å²) in [5.41, 5.74) is 6.83. The van der Waals surface area contributed by atoms with Gasteiger partial charge in [-0.25, -0.2) is 9.97 Å². The first-order valence-corrected chi connectivity index (χ1v) is 8.84. The van der Waals surface area contributed by atoms with Crippen molar-refractivity contribution in [3.63, 3.8) is 0 Å². The Kier molecular flexibility index (Phi) is 11.4. The van der Waals surface area contributed by atoms with Gasteiger partial charge in [-0.05, 0) is 28.9 Å². The highest BCUT2D eigenvalue weighted by Crippen LogP contribution is 2.20. The zero-order chi connectivity index (χ0) is 20.1. The van der Waals surface area contributed by atoms with Crippen LogP contribution in [0.25, 0.3) is 0 Å². The number of carbonyl (C=O) groups excluding carboxylic acids is 1. The first kappa shape index (κ1) is 23.4. The summed E-state index contributed by atoms with van der Waals surface area (Å²) < 4.78 is 7.52. The molecule has 0 unspecified atom stereocenters. The molecule has 2 rings (SSSR count). The molecule has 0 aliphatic rings. The van der Waals surface area contributed by atoms with Gasteiger partial charge >= 0.3 is 0 Å². The minimum absolute atomic E-state index is 0.202. The summed E-state index contributed by atoms with van der Waals surface area (Å²) in [5.74, 6) is 0.883. The minimum atomic E-state index is 0.202. The van der Waals surface area contributed by atoms with Crippen LogP contribution < -0.4 is 10.5 Å². The first-order chi connectivity index (χ1) is 12.4. The van der Waals surface area contributed by atoms with Gasteiger partial charge in [0.2, 0.25) is 12.3 Å². The number of nitrogens with zero attached hydrogens (tertiary/aromatic N) is 5. The van der Waals surface area contributed by atoms with Gasteiger partial charge in [0.25, 0.3) is 0 Å². The number of amides is 1. The Balaban J connectivity index is 0.000000772. The molecule has 2 aromatic rings. The molecule has 0 saturated heterocycles. The minimum Gasteiger partial charge on any atom is -0.478 e. The first-order valence-electron chi connectivity index (χ1n) is 8.04. The number of nitrogens with two attached hydrogens (primary N) is 1. The van der Waals surface area contributed by atoms with Crippen molar-refractivity contribution in [1.82, 2.24) is 19.4 Å². The van der Waals surface area contributed by atoms with Crippen LogP contribution in [-0.4, -0.2) is 46.5 Å². The van der Waals surface area contributed by atoms with E-state index in [1.54, 1.807) is 24.7 Å². The Morgan fingerprint density at radius 3 is 2.46 bits per heavy atom. The molecule has 9 heteroatoms. The molecule has 0 saturated carbocycles.